The molecule has 1 aromatic heterocycles. The third-order valence-electron chi connectivity index (χ3n) is 5.39. The summed E-state index contributed by atoms with van der Waals surface area (Å²) in [7, 11) is -2.04. The van der Waals surface area contributed by atoms with Gasteiger partial charge in [-0.1, -0.05) is 12.1 Å². The Balaban J connectivity index is 1.43. The van der Waals surface area contributed by atoms with Crippen LogP contribution in [0, 0.1) is 0 Å². The van der Waals surface area contributed by atoms with Gasteiger partial charge in [-0.25, -0.2) is 8.42 Å². The molecule has 1 aliphatic rings. The lowest BCUT2D eigenvalue weighted by atomic mass is 9.98. The summed E-state index contributed by atoms with van der Waals surface area (Å²) in [5.41, 5.74) is 1.27. The number of carbonyl (C=O) groups excluding carboxylic acids is 1. The van der Waals surface area contributed by atoms with Crippen molar-refractivity contribution in [2.24, 2.45) is 0 Å². The molecule has 2 heterocycles. The third-order valence-corrected chi connectivity index (χ3v) is 7.31. The van der Waals surface area contributed by atoms with Crippen LogP contribution in [0.15, 0.2) is 57.8 Å². The zero-order valence-electron chi connectivity index (χ0n) is 17.8. The number of rotatable bonds is 6. The highest BCUT2D eigenvalue weighted by atomic mass is 32.2. The van der Waals surface area contributed by atoms with E-state index in [-0.39, 0.29) is 16.7 Å². The fraction of sp³-hybridized carbons (Fsp3) is 0.318. The first-order valence-electron chi connectivity index (χ1n) is 10.2. The average Bonchev–Trinajstić information content (AvgIpc) is 3.29. The van der Waals surface area contributed by atoms with E-state index in [2.05, 4.69) is 15.5 Å². The molecule has 2 aromatic carbocycles. The number of carbonyl (C=O) groups is 1. The molecule has 10 heteroatoms. The number of nitrogens with one attached hydrogen (secondary N) is 1. The predicted molar refractivity (Wildman–Crippen MR) is 118 cm³/mol. The first-order chi connectivity index (χ1) is 15.4. The normalized spacial score (nSPS) is 15.4. The molecule has 1 N–H and O–H groups in total. The first kappa shape index (κ1) is 22.0. The maximum absolute atomic E-state index is 13.0. The molecule has 0 atom stereocenters. The summed E-state index contributed by atoms with van der Waals surface area (Å²) in [5, 5.41) is 11.0. The van der Waals surface area contributed by atoms with Gasteiger partial charge in [-0.05, 0) is 49.2 Å². The Bertz CT molecular complexity index is 1200. The Hall–Kier alpha value is -3.24. The number of piperidine rings is 1. The van der Waals surface area contributed by atoms with Crippen molar-refractivity contribution in [1.29, 1.82) is 0 Å². The summed E-state index contributed by atoms with van der Waals surface area (Å²) < 4.78 is 38.7. The van der Waals surface area contributed by atoms with E-state index in [0.29, 0.717) is 49.1 Å². The number of para-hydroxylation sites is 1. The van der Waals surface area contributed by atoms with E-state index in [1.807, 2.05) is 24.3 Å². The van der Waals surface area contributed by atoms with E-state index >= 15 is 0 Å². The summed E-state index contributed by atoms with van der Waals surface area (Å²) >= 11 is 0. The minimum atomic E-state index is -3.62. The highest BCUT2D eigenvalue weighted by Gasteiger charge is 2.32. The third kappa shape index (κ3) is 4.51. The number of methoxy groups -OCH3 is 1. The van der Waals surface area contributed by atoms with Gasteiger partial charge >= 0.3 is 0 Å². The fourth-order valence-electron chi connectivity index (χ4n) is 3.74. The van der Waals surface area contributed by atoms with E-state index < -0.39 is 10.0 Å². The molecule has 0 saturated carbocycles. The van der Waals surface area contributed by atoms with Crippen molar-refractivity contribution in [2.45, 2.75) is 30.6 Å². The van der Waals surface area contributed by atoms with Gasteiger partial charge in [-0.2, -0.15) is 4.31 Å². The van der Waals surface area contributed by atoms with E-state index in [1.54, 1.807) is 19.2 Å². The lowest BCUT2D eigenvalue weighted by Crippen LogP contribution is -2.37. The molecule has 0 unspecified atom stereocenters. The summed E-state index contributed by atoms with van der Waals surface area (Å²) in [6.07, 6.45) is 1.16. The number of ether oxygens (including phenoxy) is 1. The number of aromatic nitrogens is 2. The number of hydrogen-bond acceptors (Lipinski definition) is 7. The molecule has 1 fully saturated rings. The van der Waals surface area contributed by atoms with Gasteiger partial charge in [0.05, 0.1) is 17.6 Å². The zero-order valence-corrected chi connectivity index (χ0v) is 18.6. The standard InChI is InChI=1S/C22H24N4O5S/c1-15(27)23-17-7-9-18(10-8-17)32(28,29)26-13-11-16(12-14-26)21-24-25-22(31-21)19-5-3-4-6-20(19)30-2/h3-10,16H,11-14H2,1-2H3,(H,23,27). The number of hydrogen-bond donors (Lipinski definition) is 1. The molecule has 1 saturated heterocycles. The Morgan fingerprint density at radius 3 is 2.44 bits per heavy atom. The van der Waals surface area contributed by atoms with Crippen LogP contribution >= 0.6 is 0 Å². The van der Waals surface area contributed by atoms with Crippen LogP contribution < -0.4 is 10.1 Å². The quantitative estimate of drug-likeness (QED) is 0.605. The predicted octanol–water partition coefficient (Wildman–Crippen LogP) is 3.27. The Labute approximate surface area is 186 Å². The fourth-order valence-corrected chi connectivity index (χ4v) is 5.21. The van der Waals surface area contributed by atoms with Crippen LogP contribution in [0.5, 0.6) is 5.75 Å². The molecular weight excluding hydrogens is 432 g/mol. The largest absolute Gasteiger partial charge is 0.496 e. The topological polar surface area (TPSA) is 115 Å². The van der Waals surface area contributed by atoms with Gasteiger partial charge < -0.3 is 14.5 Å². The number of nitrogens with zero attached hydrogens (tertiary/aromatic N) is 3. The maximum Gasteiger partial charge on any atom is 0.251 e. The van der Waals surface area contributed by atoms with Crippen molar-refractivity contribution < 1.29 is 22.4 Å². The van der Waals surface area contributed by atoms with Gasteiger partial charge in [0, 0.05) is 31.6 Å². The highest BCUT2D eigenvalue weighted by Crippen LogP contribution is 2.34. The van der Waals surface area contributed by atoms with E-state index in [9.17, 15) is 13.2 Å². The van der Waals surface area contributed by atoms with E-state index in [0.717, 1.165) is 5.56 Å². The second-order valence-electron chi connectivity index (χ2n) is 7.53. The second-order valence-corrected chi connectivity index (χ2v) is 9.47. The molecule has 0 bridgehead atoms. The van der Waals surface area contributed by atoms with Gasteiger partial charge in [-0.3, -0.25) is 4.79 Å². The Kier molecular flexibility index (Phi) is 6.24. The van der Waals surface area contributed by atoms with Crippen molar-refractivity contribution >= 4 is 21.6 Å². The molecule has 0 spiro atoms. The van der Waals surface area contributed by atoms with Gasteiger partial charge in [0.25, 0.3) is 5.89 Å². The summed E-state index contributed by atoms with van der Waals surface area (Å²) in [6, 6.07) is 13.6. The number of amides is 1. The molecule has 1 aliphatic heterocycles. The van der Waals surface area contributed by atoms with Crippen LogP contribution in [0.3, 0.4) is 0 Å². The van der Waals surface area contributed by atoms with Crippen molar-refractivity contribution in [1.82, 2.24) is 14.5 Å². The van der Waals surface area contributed by atoms with Crippen molar-refractivity contribution in [3.05, 3.63) is 54.4 Å². The van der Waals surface area contributed by atoms with Crippen molar-refractivity contribution in [2.75, 3.05) is 25.5 Å². The summed E-state index contributed by atoms with van der Waals surface area (Å²) in [5.74, 6) is 1.31. The van der Waals surface area contributed by atoms with Crippen LogP contribution in [0.2, 0.25) is 0 Å². The number of sulfonamides is 1. The lowest BCUT2D eigenvalue weighted by molar-refractivity contribution is -0.114. The monoisotopic (exact) mass is 456 g/mol. The van der Waals surface area contributed by atoms with E-state index in [1.165, 1.54) is 23.4 Å². The highest BCUT2D eigenvalue weighted by molar-refractivity contribution is 7.89. The number of anilines is 1. The molecule has 1 amide bonds. The van der Waals surface area contributed by atoms with Gasteiger partial charge in [0.2, 0.25) is 21.8 Å². The summed E-state index contributed by atoms with van der Waals surface area (Å²) in [4.78, 5) is 11.3. The molecule has 3 aromatic rings. The van der Waals surface area contributed by atoms with Gasteiger partial charge in [-0.15, -0.1) is 10.2 Å². The number of benzene rings is 2. The van der Waals surface area contributed by atoms with Crippen LogP contribution in [0.1, 0.15) is 31.6 Å². The van der Waals surface area contributed by atoms with Gasteiger partial charge in [0.15, 0.2) is 0 Å². The van der Waals surface area contributed by atoms with Crippen molar-refractivity contribution in [3.8, 4) is 17.2 Å². The maximum atomic E-state index is 13.0. The molecule has 0 aliphatic carbocycles. The molecule has 0 radical (unpaired) electrons. The van der Waals surface area contributed by atoms with Crippen LogP contribution in [-0.2, 0) is 14.8 Å². The van der Waals surface area contributed by atoms with Crippen LogP contribution in [-0.4, -0.2) is 49.0 Å². The molecular formula is C22H24N4O5S. The average molecular weight is 457 g/mol. The lowest BCUT2D eigenvalue weighted by Gasteiger charge is -2.29. The first-order valence-corrected chi connectivity index (χ1v) is 11.7. The molecule has 32 heavy (non-hydrogen) atoms. The second kappa shape index (κ2) is 9.09. The SMILES string of the molecule is COc1ccccc1-c1nnc(C2CCN(S(=O)(=O)c3ccc(NC(C)=O)cc3)CC2)o1. The van der Waals surface area contributed by atoms with E-state index in [4.69, 9.17) is 9.15 Å². The smallest absolute Gasteiger partial charge is 0.251 e. The van der Waals surface area contributed by atoms with Gasteiger partial charge in [0.1, 0.15) is 5.75 Å². The van der Waals surface area contributed by atoms with Crippen LogP contribution in [0.25, 0.3) is 11.5 Å². The molecule has 168 valence electrons. The minimum Gasteiger partial charge on any atom is -0.496 e. The Morgan fingerprint density at radius 1 is 1.09 bits per heavy atom. The van der Waals surface area contributed by atoms with Crippen LogP contribution in [0.4, 0.5) is 5.69 Å². The minimum absolute atomic E-state index is 0.0143. The van der Waals surface area contributed by atoms with Crippen molar-refractivity contribution in [3.63, 3.8) is 0 Å². The summed E-state index contributed by atoms with van der Waals surface area (Å²) in [6.45, 7) is 2.11. The zero-order chi connectivity index (χ0) is 22.7. The Morgan fingerprint density at radius 2 is 1.78 bits per heavy atom. The molecule has 9 nitrogen and oxygen atoms in total. The molecule has 4 rings (SSSR count).